The van der Waals surface area contributed by atoms with Gasteiger partial charge >= 0.3 is 0 Å². The molecule has 0 saturated carbocycles. The number of amides is 1. The van der Waals surface area contributed by atoms with Gasteiger partial charge in [0.1, 0.15) is 0 Å². The molecule has 0 unspecified atom stereocenters. The predicted molar refractivity (Wildman–Crippen MR) is 46.8 cm³/mol. The van der Waals surface area contributed by atoms with E-state index in [0.29, 0.717) is 5.69 Å². The van der Waals surface area contributed by atoms with Gasteiger partial charge in [0.25, 0.3) is 5.91 Å². The summed E-state index contributed by atoms with van der Waals surface area (Å²) < 4.78 is 0. The molecule has 0 aliphatic carbocycles. The molecule has 0 aromatic heterocycles. The molecule has 1 aromatic rings. The van der Waals surface area contributed by atoms with Crippen molar-refractivity contribution in [3.8, 4) is 0 Å². The molecule has 1 aromatic carbocycles. The lowest BCUT2D eigenvalue weighted by molar-refractivity contribution is -0.120. The second kappa shape index (κ2) is 4.87. The van der Waals surface area contributed by atoms with E-state index < -0.39 is 5.91 Å². The summed E-state index contributed by atoms with van der Waals surface area (Å²) in [4.78, 5) is 24.5. The Morgan fingerprint density at radius 2 is 2.08 bits per heavy atom. The molecule has 0 saturated heterocycles. The van der Waals surface area contributed by atoms with Crippen LogP contribution in [0.15, 0.2) is 35.7 Å². The third-order valence-electron chi connectivity index (χ3n) is 1.31. The first-order chi connectivity index (χ1) is 6.33. The summed E-state index contributed by atoms with van der Waals surface area (Å²) >= 11 is 0. The summed E-state index contributed by atoms with van der Waals surface area (Å²) in [7, 11) is 0. The Hall–Kier alpha value is -1.91. The molecule has 0 fully saturated rings. The maximum atomic E-state index is 10.9. The predicted octanol–water partition coefficient (Wildman–Crippen LogP) is 1.32. The molecular weight excluding hydrogens is 172 g/mol. The van der Waals surface area contributed by atoms with Crippen LogP contribution in [-0.4, -0.2) is 12.5 Å². The van der Waals surface area contributed by atoms with Gasteiger partial charge in [0.2, 0.25) is 0 Å². The molecular formula is C8H8N2O3. The maximum Gasteiger partial charge on any atom is 0.265 e. The van der Waals surface area contributed by atoms with E-state index in [2.05, 4.69) is 15.5 Å². The minimum absolute atomic E-state index is 0.363. The number of nitrogens with zero attached hydrogens (tertiary/aromatic N) is 1. The lowest BCUT2D eigenvalue weighted by Gasteiger charge is -2.01. The van der Waals surface area contributed by atoms with Gasteiger partial charge in [0.05, 0.1) is 0 Å². The van der Waals surface area contributed by atoms with Gasteiger partial charge in [-0.1, -0.05) is 18.2 Å². The van der Waals surface area contributed by atoms with Crippen molar-refractivity contribution in [2.75, 3.05) is 11.9 Å². The molecule has 0 heterocycles. The molecule has 5 heteroatoms. The van der Waals surface area contributed by atoms with Crippen LogP contribution in [0.5, 0.6) is 0 Å². The van der Waals surface area contributed by atoms with Crippen LogP contribution in [0.1, 0.15) is 0 Å². The van der Waals surface area contributed by atoms with Crippen molar-refractivity contribution in [3.05, 3.63) is 35.2 Å². The third kappa shape index (κ3) is 3.33. The summed E-state index contributed by atoms with van der Waals surface area (Å²) in [6.45, 7) is -0.363. The van der Waals surface area contributed by atoms with Crippen molar-refractivity contribution in [2.45, 2.75) is 0 Å². The number of nitrogens with one attached hydrogen (secondary N) is 1. The summed E-state index contributed by atoms with van der Waals surface area (Å²) in [6, 6.07) is 8.86. The normalized spacial score (nSPS) is 8.92. The van der Waals surface area contributed by atoms with Gasteiger partial charge in [-0.3, -0.25) is 4.79 Å². The second-order valence-corrected chi connectivity index (χ2v) is 2.26. The largest absolute Gasteiger partial charge is 0.354 e. The summed E-state index contributed by atoms with van der Waals surface area (Å²) in [5, 5.41) is 4.62. The van der Waals surface area contributed by atoms with E-state index >= 15 is 0 Å². The van der Waals surface area contributed by atoms with Crippen LogP contribution in [0.4, 0.5) is 5.69 Å². The first-order valence-electron chi connectivity index (χ1n) is 3.62. The molecule has 0 atom stereocenters. The minimum Gasteiger partial charge on any atom is -0.354 e. The Morgan fingerprint density at radius 3 is 2.69 bits per heavy atom. The number of rotatable bonds is 4. The smallest absolute Gasteiger partial charge is 0.265 e. The summed E-state index contributed by atoms with van der Waals surface area (Å²) in [5.41, 5.74) is 0.655. The van der Waals surface area contributed by atoms with Crippen molar-refractivity contribution in [2.24, 2.45) is 5.34 Å². The first-order valence-corrected chi connectivity index (χ1v) is 3.62. The zero-order valence-electron chi connectivity index (χ0n) is 6.77. The molecule has 1 rings (SSSR count). The fraction of sp³-hybridized carbons (Fsp3) is 0.125. The lowest BCUT2D eigenvalue weighted by Crippen LogP contribution is -2.16. The number of hydrogen-bond donors (Lipinski definition) is 1. The highest BCUT2D eigenvalue weighted by molar-refractivity contribution is 5.91. The van der Waals surface area contributed by atoms with Crippen molar-refractivity contribution in [1.29, 1.82) is 0 Å². The van der Waals surface area contributed by atoms with E-state index in [1.165, 1.54) is 0 Å². The topological polar surface area (TPSA) is 67.8 Å². The lowest BCUT2D eigenvalue weighted by atomic mass is 10.3. The summed E-state index contributed by atoms with van der Waals surface area (Å²) in [6.07, 6.45) is 0. The van der Waals surface area contributed by atoms with E-state index in [9.17, 15) is 9.70 Å². The fourth-order valence-corrected chi connectivity index (χ4v) is 0.804. The third-order valence-corrected chi connectivity index (χ3v) is 1.31. The Kier molecular flexibility index (Phi) is 3.44. The van der Waals surface area contributed by atoms with E-state index in [1.54, 1.807) is 24.3 Å². The van der Waals surface area contributed by atoms with Gasteiger partial charge in [-0.25, -0.2) is 0 Å². The quantitative estimate of drug-likeness (QED) is 0.561. The van der Waals surface area contributed by atoms with Crippen LogP contribution in [0.2, 0.25) is 0 Å². The number of benzene rings is 1. The van der Waals surface area contributed by atoms with E-state index in [0.717, 1.165) is 0 Å². The van der Waals surface area contributed by atoms with Gasteiger partial charge in [-0.15, -0.1) is 4.91 Å². The van der Waals surface area contributed by atoms with Crippen LogP contribution >= 0.6 is 0 Å². The van der Waals surface area contributed by atoms with Crippen LogP contribution in [0.25, 0.3) is 0 Å². The van der Waals surface area contributed by atoms with Crippen molar-refractivity contribution < 1.29 is 9.63 Å². The number of para-hydroxylation sites is 1. The zero-order chi connectivity index (χ0) is 9.52. The van der Waals surface area contributed by atoms with Crippen molar-refractivity contribution >= 4 is 11.6 Å². The number of hydrogen-bond acceptors (Lipinski definition) is 4. The van der Waals surface area contributed by atoms with Gasteiger partial charge in [0.15, 0.2) is 11.9 Å². The first kappa shape index (κ1) is 9.18. The second-order valence-electron chi connectivity index (χ2n) is 2.26. The van der Waals surface area contributed by atoms with Crippen LogP contribution in [0, 0.1) is 4.91 Å². The van der Waals surface area contributed by atoms with E-state index in [-0.39, 0.29) is 6.61 Å². The zero-order valence-corrected chi connectivity index (χ0v) is 6.77. The van der Waals surface area contributed by atoms with Crippen LogP contribution in [0.3, 0.4) is 0 Å². The minimum atomic E-state index is -0.411. The molecule has 13 heavy (non-hydrogen) atoms. The Bertz CT molecular complexity index is 287. The highest BCUT2D eigenvalue weighted by atomic mass is 16.7. The SMILES string of the molecule is O=NOCC(=O)Nc1ccccc1. The molecule has 0 radical (unpaired) electrons. The average Bonchev–Trinajstić information content (AvgIpc) is 2.16. The summed E-state index contributed by atoms with van der Waals surface area (Å²) in [5.74, 6) is -0.411. The molecule has 0 aliphatic heterocycles. The standard InChI is InChI=1S/C8H8N2O3/c11-8(6-13-10-12)9-7-4-2-1-3-5-7/h1-5H,6H2,(H,9,11). The molecule has 5 nitrogen and oxygen atoms in total. The van der Waals surface area contributed by atoms with Gasteiger partial charge in [-0.05, 0) is 12.1 Å². The Morgan fingerprint density at radius 1 is 1.38 bits per heavy atom. The number of carbonyl (C=O) groups excluding carboxylic acids is 1. The van der Waals surface area contributed by atoms with Gasteiger partial charge in [-0.2, -0.15) is 0 Å². The molecule has 1 amide bonds. The van der Waals surface area contributed by atoms with Crippen LogP contribution in [-0.2, 0) is 9.63 Å². The van der Waals surface area contributed by atoms with Crippen LogP contribution < -0.4 is 5.32 Å². The highest BCUT2D eigenvalue weighted by Gasteiger charge is 2.01. The van der Waals surface area contributed by atoms with Crippen molar-refractivity contribution in [1.82, 2.24) is 0 Å². The monoisotopic (exact) mass is 180 g/mol. The molecule has 68 valence electrons. The highest BCUT2D eigenvalue weighted by Crippen LogP contribution is 2.04. The number of carbonyl (C=O) groups is 1. The average molecular weight is 180 g/mol. The van der Waals surface area contributed by atoms with E-state index in [4.69, 9.17) is 0 Å². The van der Waals surface area contributed by atoms with E-state index in [1.807, 2.05) is 6.07 Å². The Balaban J connectivity index is 2.41. The van der Waals surface area contributed by atoms with Gasteiger partial charge in [0, 0.05) is 5.69 Å². The number of anilines is 1. The van der Waals surface area contributed by atoms with Gasteiger partial charge < -0.3 is 10.2 Å². The Labute approximate surface area is 74.6 Å². The fourth-order valence-electron chi connectivity index (χ4n) is 0.804. The molecule has 0 bridgehead atoms. The van der Waals surface area contributed by atoms with Crippen molar-refractivity contribution in [3.63, 3.8) is 0 Å². The molecule has 0 spiro atoms. The maximum absolute atomic E-state index is 10.9. The molecule has 0 aliphatic rings. The molecule has 1 N–H and O–H groups in total.